The summed E-state index contributed by atoms with van der Waals surface area (Å²) in [6, 6.07) is 0. The minimum Gasteiger partial charge on any atom is -0.756 e. The van der Waals surface area contributed by atoms with Crippen LogP contribution in [0.15, 0.2) is 0 Å². The van der Waals surface area contributed by atoms with Crippen LogP contribution in [0.2, 0.25) is 0 Å². The number of phosphoric acid groups is 1. The van der Waals surface area contributed by atoms with Crippen LogP contribution in [0.1, 0.15) is 0 Å². The van der Waals surface area contributed by atoms with E-state index >= 15 is 0 Å². The molecule has 0 aromatic carbocycles. The van der Waals surface area contributed by atoms with Crippen LogP contribution in [0.3, 0.4) is 0 Å². The van der Waals surface area contributed by atoms with Gasteiger partial charge in [-0.2, -0.15) is 0 Å². The van der Waals surface area contributed by atoms with Crippen LogP contribution in [-0.4, -0.2) is 12.7 Å². The van der Waals surface area contributed by atoms with Gasteiger partial charge in [0.25, 0.3) is 7.82 Å². The Balaban J connectivity index is 0. The van der Waals surface area contributed by atoms with Crippen molar-refractivity contribution in [1.82, 2.24) is 0 Å². The quantitative estimate of drug-likeness (QED) is 0.424. The molecule has 6 heteroatoms. The molecule has 2 N–H and O–H groups in total. The predicted molar refractivity (Wildman–Crippen MR) is 12.0 cm³/mol. The first-order valence-electron chi connectivity index (χ1n) is 1.55. The molecule has 0 radical (unpaired) electrons. The molecule has 0 aromatic rings. The predicted octanol–water partition coefficient (Wildman–Crippen LogP) is -4.56. The minimum atomic E-state index is -4.57. The number of rotatable bonds is 2. The Kier molecular flexibility index (Phi) is 3.89. The van der Waals surface area contributed by atoms with Gasteiger partial charge >= 0.3 is 58.2 Å². The van der Waals surface area contributed by atoms with E-state index in [0.717, 1.165) is 0 Å². The van der Waals surface area contributed by atoms with Gasteiger partial charge in [-0.15, -0.1) is 0 Å². The van der Waals surface area contributed by atoms with Crippen LogP contribution >= 0.6 is 7.82 Å². The van der Waals surface area contributed by atoms with E-state index in [2.05, 4.69) is 9.79 Å². The van der Waals surface area contributed by atoms with Crippen molar-refractivity contribution in [2.75, 3.05) is 0 Å². The zero-order chi connectivity index (χ0) is 5.91. The second-order valence-electron chi connectivity index (χ2n) is 0.447. The average Bonchev–Trinajstić information content (AvgIpc) is 1.68. The normalized spacial score (nSPS) is 14.2. The first-order valence-corrected chi connectivity index (χ1v) is 2.19. The maximum atomic E-state index is 9.58. The molecule has 0 rings (SSSR count). The fourth-order valence-corrected chi connectivity index (χ4v) is 0. The Morgan fingerprint density at radius 1 is 1.83 bits per heavy atom. The van der Waals surface area contributed by atoms with Crippen LogP contribution in [0.5, 0.6) is 0 Å². The third-order valence-electron chi connectivity index (χ3n) is 0. The number of hydrogen-bond donors (Lipinski definition) is 2. The van der Waals surface area contributed by atoms with E-state index in [9.17, 15) is 9.46 Å². The molecule has 0 aromatic heterocycles. The van der Waals surface area contributed by atoms with Crippen LogP contribution in [0.25, 0.3) is 0 Å². The van der Waals surface area contributed by atoms with Gasteiger partial charge in [0.1, 0.15) is 0 Å². The van der Waals surface area contributed by atoms with E-state index in [1.165, 1.54) is 0 Å². The van der Waals surface area contributed by atoms with Gasteiger partial charge in [0.05, 0.1) is 0 Å². The fraction of sp³-hybridized carbons (Fsp3) is 0. The molecule has 0 saturated heterocycles. The van der Waals surface area contributed by atoms with E-state index < -0.39 is 7.82 Å². The largest absolute Gasteiger partial charge is 1.00 e. The summed E-state index contributed by atoms with van der Waals surface area (Å²) >= 11 is 0. The zero-order valence-corrected chi connectivity index (χ0v) is 8.89. The molecule has 4 nitrogen and oxygen atoms in total. The Hall–Kier alpha value is 1.92. The van der Waals surface area contributed by atoms with E-state index in [4.69, 9.17) is 2.86 Å². The van der Waals surface area contributed by atoms with Crippen LogP contribution < -0.4 is 63.1 Å². The van der Waals surface area contributed by atoms with Gasteiger partial charge in [0, 0.05) is 0 Å². The second kappa shape index (κ2) is 3.86. The topological polar surface area (TPSA) is 80.6 Å². The van der Waals surface area contributed by atoms with Crippen molar-refractivity contribution in [3.8, 4) is 0 Å². The maximum Gasteiger partial charge on any atom is 1.00 e. The van der Waals surface area contributed by atoms with Crippen molar-refractivity contribution in [2.45, 2.75) is 0 Å². The SMILES string of the molecule is [2H]OP(=O)([O-])O[2H].[Rb+]. The fourth-order valence-electron chi connectivity index (χ4n) is 0. The summed E-state index contributed by atoms with van der Waals surface area (Å²) in [4.78, 5) is 15.4. The van der Waals surface area contributed by atoms with E-state index in [1.54, 1.807) is 0 Å². The molecule has 0 bridgehead atoms. The van der Waals surface area contributed by atoms with Crippen LogP contribution in [-0.2, 0) is 4.57 Å². The van der Waals surface area contributed by atoms with E-state index in [-0.39, 0.29) is 58.2 Å². The van der Waals surface area contributed by atoms with Gasteiger partial charge < -0.3 is 14.7 Å². The molecule has 0 saturated carbocycles. The summed E-state index contributed by atoms with van der Waals surface area (Å²) < 4.78 is 20.9. The van der Waals surface area contributed by atoms with Gasteiger partial charge in [0.2, 0.25) is 2.86 Å². The first-order chi connectivity index (χ1) is 3.12. The Bertz CT molecular complexity index is 86.0. The monoisotopic (exact) mass is 184 g/mol. The van der Waals surface area contributed by atoms with Gasteiger partial charge in [-0.3, -0.25) is 4.57 Å². The summed E-state index contributed by atoms with van der Waals surface area (Å²) in [6.45, 7) is 0. The summed E-state index contributed by atoms with van der Waals surface area (Å²) in [5, 5.41) is 0. The second-order valence-corrected chi connectivity index (χ2v) is 1.34. The summed E-state index contributed by atoms with van der Waals surface area (Å²) in [6.07, 6.45) is 0. The van der Waals surface area contributed by atoms with Gasteiger partial charge in [-0.05, 0) is 0 Å². The molecule has 0 aliphatic heterocycles. The molecule has 0 aliphatic carbocycles. The summed E-state index contributed by atoms with van der Waals surface area (Å²) in [5.41, 5.74) is 0. The summed E-state index contributed by atoms with van der Waals surface area (Å²) in [5.74, 6) is 0. The van der Waals surface area contributed by atoms with Crippen molar-refractivity contribution < 1.29 is 77.4 Å². The van der Waals surface area contributed by atoms with Crippen molar-refractivity contribution in [3.63, 3.8) is 0 Å². The van der Waals surface area contributed by atoms with E-state index in [1.807, 2.05) is 0 Å². The molecule has 0 heterocycles. The third kappa shape index (κ3) is 39.0. The molecular formula is H2O4PRb. The molecule has 6 heavy (non-hydrogen) atoms. The van der Waals surface area contributed by atoms with Gasteiger partial charge in [0.15, 0.2) is 0 Å². The van der Waals surface area contributed by atoms with Crippen molar-refractivity contribution in [1.29, 1.82) is 2.86 Å². The smallest absolute Gasteiger partial charge is 0.756 e. The Morgan fingerprint density at radius 3 is 2.17 bits per heavy atom. The van der Waals surface area contributed by atoms with Crippen LogP contribution in [0.4, 0.5) is 0 Å². The van der Waals surface area contributed by atoms with Crippen molar-refractivity contribution in [3.05, 3.63) is 0 Å². The molecule has 0 fully saturated rings. The van der Waals surface area contributed by atoms with E-state index in [0.29, 0.717) is 0 Å². The van der Waals surface area contributed by atoms with Gasteiger partial charge in [-0.25, -0.2) is 0 Å². The molecular weight excluding hydrogens is 180 g/mol. The average molecular weight is 184 g/mol. The molecule has 0 amide bonds. The Morgan fingerprint density at radius 2 is 2.17 bits per heavy atom. The molecule has 0 spiro atoms. The minimum absolute atomic E-state index is 0. The molecule has 0 atom stereocenters. The third-order valence-corrected chi connectivity index (χ3v) is 0. The standard InChI is InChI=1S/H3O4P.Rb/c1-5(2,3)4;/h(H3,1,2,3,4);/q;+1/p-1/i/hD2. The van der Waals surface area contributed by atoms with Gasteiger partial charge in [-0.1, -0.05) is 0 Å². The zero-order valence-electron chi connectivity index (χ0n) is 5.08. The number of hydrogen-bond acceptors (Lipinski definition) is 4. The Labute approximate surface area is 86.6 Å². The molecule has 0 aliphatic rings. The molecule has 0 unspecified atom stereocenters. The molecule has 32 valence electrons. The van der Waals surface area contributed by atoms with Crippen LogP contribution in [0, 0.1) is 0 Å². The van der Waals surface area contributed by atoms with Crippen molar-refractivity contribution in [2.24, 2.45) is 0 Å². The van der Waals surface area contributed by atoms with Crippen molar-refractivity contribution >= 4 is 7.82 Å². The summed E-state index contributed by atoms with van der Waals surface area (Å²) in [7, 11) is -4.57. The maximum absolute atomic E-state index is 9.58. The first kappa shape index (κ1) is 6.04.